The first-order chi connectivity index (χ1) is 10.3. The third-order valence-electron chi connectivity index (χ3n) is 4.01. The molecule has 1 aliphatic heterocycles. The molecule has 2 aromatic rings. The van der Waals surface area contributed by atoms with E-state index in [-0.39, 0.29) is 0 Å². The highest BCUT2D eigenvalue weighted by Gasteiger charge is 2.24. The number of halogens is 1. The minimum Gasteiger partial charge on any atom is -0.486 e. The number of nitrogens with one attached hydrogen (secondary N) is 1. The maximum atomic E-state index is 6.10. The monoisotopic (exact) mass is 321 g/mol. The SMILES string of the molecule is Clc1cc2c(s1)CCC2NCc1ccc2c(c1)OCCO2. The molecule has 2 aliphatic rings. The minimum absolute atomic E-state index is 0.414. The Bertz CT molecular complexity index is 670. The molecule has 2 heterocycles. The Balaban J connectivity index is 1.45. The topological polar surface area (TPSA) is 30.5 Å². The Morgan fingerprint density at radius 2 is 2.05 bits per heavy atom. The summed E-state index contributed by atoms with van der Waals surface area (Å²) in [6.07, 6.45) is 2.29. The number of hydrogen-bond acceptors (Lipinski definition) is 4. The van der Waals surface area contributed by atoms with Crippen molar-refractivity contribution in [3.05, 3.63) is 44.6 Å². The normalized spacial score (nSPS) is 19.6. The van der Waals surface area contributed by atoms with Crippen LogP contribution in [0.2, 0.25) is 4.34 Å². The zero-order valence-corrected chi connectivity index (χ0v) is 13.1. The summed E-state index contributed by atoms with van der Waals surface area (Å²) in [4.78, 5) is 1.43. The summed E-state index contributed by atoms with van der Waals surface area (Å²) in [5.74, 6) is 1.70. The van der Waals surface area contributed by atoms with Gasteiger partial charge in [-0.3, -0.25) is 0 Å². The summed E-state index contributed by atoms with van der Waals surface area (Å²) in [5, 5.41) is 3.63. The molecule has 0 radical (unpaired) electrons. The highest BCUT2D eigenvalue weighted by Crippen LogP contribution is 2.39. The second-order valence-corrected chi connectivity index (χ2v) is 7.15. The van der Waals surface area contributed by atoms with Crippen molar-refractivity contribution in [3.63, 3.8) is 0 Å². The van der Waals surface area contributed by atoms with Gasteiger partial charge in [-0.2, -0.15) is 0 Å². The van der Waals surface area contributed by atoms with E-state index in [2.05, 4.69) is 23.5 Å². The van der Waals surface area contributed by atoms with E-state index < -0.39 is 0 Å². The van der Waals surface area contributed by atoms with Crippen molar-refractivity contribution in [2.45, 2.75) is 25.4 Å². The second kappa shape index (κ2) is 5.52. The molecular weight excluding hydrogens is 306 g/mol. The van der Waals surface area contributed by atoms with E-state index in [1.54, 1.807) is 11.3 Å². The van der Waals surface area contributed by atoms with Crippen LogP contribution >= 0.6 is 22.9 Å². The van der Waals surface area contributed by atoms with Gasteiger partial charge in [0.1, 0.15) is 13.2 Å². The van der Waals surface area contributed by atoms with Gasteiger partial charge in [0.15, 0.2) is 11.5 Å². The highest BCUT2D eigenvalue weighted by molar-refractivity contribution is 7.16. The average Bonchev–Trinajstić information content (AvgIpc) is 3.04. The van der Waals surface area contributed by atoms with Gasteiger partial charge in [-0.25, -0.2) is 0 Å². The number of ether oxygens (including phenoxy) is 2. The molecule has 0 saturated heterocycles. The molecule has 1 unspecified atom stereocenters. The van der Waals surface area contributed by atoms with E-state index in [1.165, 1.54) is 16.0 Å². The minimum atomic E-state index is 0.414. The van der Waals surface area contributed by atoms with Crippen LogP contribution < -0.4 is 14.8 Å². The fraction of sp³-hybridized carbons (Fsp3) is 0.375. The molecule has 4 rings (SSSR count). The molecule has 0 spiro atoms. The van der Waals surface area contributed by atoms with E-state index in [0.29, 0.717) is 19.3 Å². The highest BCUT2D eigenvalue weighted by atomic mass is 35.5. The van der Waals surface area contributed by atoms with Crippen molar-refractivity contribution in [2.75, 3.05) is 13.2 Å². The lowest BCUT2D eigenvalue weighted by Gasteiger charge is -2.19. The van der Waals surface area contributed by atoms with Gasteiger partial charge >= 0.3 is 0 Å². The summed E-state index contributed by atoms with van der Waals surface area (Å²) in [7, 11) is 0. The van der Waals surface area contributed by atoms with Crippen LogP contribution in [0.4, 0.5) is 0 Å². The third kappa shape index (κ3) is 2.63. The molecule has 3 nitrogen and oxygen atoms in total. The van der Waals surface area contributed by atoms with Crippen molar-refractivity contribution in [1.29, 1.82) is 0 Å². The lowest BCUT2D eigenvalue weighted by molar-refractivity contribution is 0.171. The number of benzene rings is 1. The Hall–Kier alpha value is -1.23. The molecule has 5 heteroatoms. The Kier molecular flexibility index (Phi) is 3.53. The lowest BCUT2D eigenvalue weighted by Crippen LogP contribution is -2.19. The standard InChI is InChI=1S/C16H16ClNO2S/c17-16-8-11-12(2-4-15(11)21-16)18-9-10-1-3-13-14(7-10)20-6-5-19-13/h1,3,7-8,12,18H,2,4-6,9H2. The smallest absolute Gasteiger partial charge is 0.161 e. The van der Waals surface area contributed by atoms with Crippen molar-refractivity contribution >= 4 is 22.9 Å². The molecule has 0 amide bonds. The molecular formula is C16H16ClNO2S. The summed E-state index contributed by atoms with van der Waals surface area (Å²) >= 11 is 7.81. The lowest BCUT2D eigenvalue weighted by atomic mass is 10.1. The zero-order chi connectivity index (χ0) is 14.2. The van der Waals surface area contributed by atoms with Crippen LogP contribution in [0.3, 0.4) is 0 Å². The van der Waals surface area contributed by atoms with E-state index in [1.807, 2.05) is 6.07 Å². The molecule has 0 fully saturated rings. The first-order valence-electron chi connectivity index (χ1n) is 7.19. The van der Waals surface area contributed by atoms with Crippen molar-refractivity contribution in [1.82, 2.24) is 5.32 Å². The van der Waals surface area contributed by atoms with Gasteiger partial charge < -0.3 is 14.8 Å². The van der Waals surface area contributed by atoms with Gasteiger partial charge in [-0.1, -0.05) is 17.7 Å². The Morgan fingerprint density at radius 3 is 2.95 bits per heavy atom. The predicted octanol–water partition coefficient (Wildman–Crippen LogP) is 3.95. The summed E-state index contributed by atoms with van der Waals surface area (Å²) in [6.45, 7) is 2.09. The number of thiophene rings is 1. The van der Waals surface area contributed by atoms with Crippen molar-refractivity contribution in [3.8, 4) is 11.5 Å². The number of fused-ring (bicyclic) bond motifs is 2. The van der Waals surface area contributed by atoms with Gasteiger partial charge in [0.05, 0.1) is 4.34 Å². The quantitative estimate of drug-likeness (QED) is 0.928. The van der Waals surface area contributed by atoms with E-state index in [0.717, 1.165) is 35.2 Å². The molecule has 1 N–H and O–H groups in total. The molecule has 0 bridgehead atoms. The Labute approximate surface area is 132 Å². The summed E-state index contributed by atoms with van der Waals surface area (Å²) in [5.41, 5.74) is 2.59. The summed E-state index contributed by atoms with van der Waals surface area (Å²) < 4.78 is 12.1. The van der Waals surface area contributed by atoms with Gasteiger partial charge in [-0.05, 0) is 42.2 Å². The number of aryl methyl sites for hydroxylation is 1. The Morgan fingerprint density at radius 1 is 1.19 bits per heavy atom. The van der Waals surface area contributed by atoms with E-state index >= 15 is 0 Å². The van der Waals surface area contributed by atoms with Gasteiger partial charge in [0, 0.05) is 17.5 Å². The predicted molar refractivity (Wildman–Crippen MR) is 84.7 cm³/mol. The first kappa shape index (κ1) is 13.4. The van der Waals surface area contributed by atoms with Gasteiger partial charge in [-0.15, -0.1) is 11.3 Å². The van der Waals surface area contributed by atoms with Crippen LogP contribution in [0.25, 0.3) is 0 Å². The maximum absolute atomic E-state index is 6.10. The molecule has 21 heavy (non-hydrogen) atoms. The van der Waals surface area contributed by atoms with Gasteiger partial charge in [0.2, 0.25) is 0 Å². The average molecular weight is 322 g/mol. The fourth-order valence-corrected chi connectivity index (χ4v) is 4.34. The molecule has 0 saturated carbocycles. The molecule has 1 aromatic heterocycles. The first-order valence-corrected chi connectivity index (χ1v) is 8.39. The number of hydrogen-bond donors (Lipinski definition) is 1. The van der Waals surface area contributed by atoms with Crippen LogP contribution in [0, 0.1) is 0 Å². The fourth-order valence-electron chi connectivity index (χ4n) is 2.98. The molecule has 1 atom stereocenters. The van der Waals surface area contributed by atoms with Crippen molar-refractivity contribution < 1.29 is 9.47 Å². The zero-order valence-electron chi connectivity index (χ0n) is 11.5. The number of rotatable bonds is 3. The summed E-state index contributed by atoms with van der Waals surface area (Å²) in [6, 6.07) is 8.68. The maximum Gasteiger partial charge on any atom is 0.161 e. The second-order valence-electron chi connectivity index (χ2n) is 5.38. The van der Waals surface area contributed by atoms with E-state index in [9.17, 15) is 0 Å². The molecule has 110 valence electrons. The van der Waals surface area contributed by atoms with Crippen LogP contribution in [-0.4, -0.2) is 13.2 Å². The molecule has 1 aromatic carbocycles. The van der Waals surface area contributed by atoms with Crippen LogP contribution in [0.1, 0.15) is 28.5 Å². The molecule has 1 aliphatic carbocycles. The van der Waals surface area contributed by atoms with Crippen LogP contribution in [0.5, 0.6) is 11.5 Å². The van der Waals surface area contributed by atoms with Crippen LogP contribution in [0.15, 0.2) is 24.3 Å². The largest absolute Gasteiger partial charge is 0.486 e. The van der Waals surface area contributed by atoms with Crippen molar-refractivity contribution in [2.24, 2.45) is 0 Å². The third-order valence-corrected chi connectivity index (χ3v) is 5.35. The van der Waals surface area contributed by atoms with Crippen LogP contribution in [-0.2, 0) is 13.0 Å². The van der Waals surface area contributed by atoms with Gasteiger partial charge in [0.25, 0.3) is 0 Å². The van der Waals surface area contributed by atoms with E-state index in [4.69, 9.17) is 21.1 Å².